The number of hydrogen-bond donors (Lipinski definition) is 1. The molecule has 0 aromatic carbocycles. The van der Waals surface area contributed by atoms with Crippen LogP contribution < -0.4 is 5.32 Å². The lowest BCUT2D eigenvalue weighted by Gasteiger charge is -2.16. The summed E-state index contributed by atoms with van der Waals surface area (Å²) in [5.74, 6) is 0. The molecule has 0 aliphatic carbocycles. The molecule has 0 aromatic rings. The fourth-order valence-corrected chi connectivity index (χ4v) is 1.23. The molecule has 0 N–H and O–H groups in total. The molecule has 1 atom stereocenters. The molecule has 0 amide bonds. The van der Waals surface area contributed by atoms with Crippen LogP contribution in [-0.4, -0.2) is 28.9 Å². The van der Waals surface area contributed by atoms with Crippen molar-refractivity contribution in [3.8, 4) is 0 Å². The predicted molar refractivity (Wildman–Crippen MR) is 44.8 cm³/mol. The van der Waals surface area contributed by atoms with Gasteiger partial charge in [-0.15, -0.1) is 0 Å². The molecule has 1 saturated heterocycles. The molecule has 1 aliphatic rings. The van der Waals surface area contributed by atoms with Gasteiger partial charge in [0.1, 0.15) is 0 Å². The van der Waals surface area contributed by atoms with Crippen LogP contribution in [0.1, 0.15) is 6.42 Å². The average molecular weight is 161 g/mol. The minimum absolute atomic E-state index is 0.450. The van der Waals surface area contributed by atoms with Crippen molar-refractivity contribution in [2.45, 2.75) is 12.5 Å². The maximum atomic E-state index is 4.69. The maximum Gasteiger partial charge on any atom is 0.0741 e. The quantitative estimate of drug-likeness (QED) is 0.468. The summed E-state index contributed by atoms with van der Waals surface area (Å²) in [5.41, 5.74) is 1.56. The lowest BCUT2D eigenvalue weighted by molar-refractivity contribution is 0.527. The first-order chi connectivity index (χ1) is 4.34. The van der Waals surface area contributed by atoms with Crippen molar-refractivity contribution in [3.63, 3.8) is 0 Å². The third-order valence-electron chi connectivity index (χ3n) is 1.44. The number of thiocarbonyl (C=S) groups is 1. The fourth-order valence-electron chi connectivity index (χ4n) is 0.874. The first kappa shape index (κ1) is 7.31. The topological polar surface area (TPSA) is 17.3 Å². The Labute approximate surface area is 66.2 Å². The highest BCUT2D eigenvalue weighted by atomic mass is 32.1. The van der Waals surface area contributed by atoms with Crippen molar-refractivity contribution >= 4 is 30.5 Å². The Morgan fingerprint density at radius 1 is 1.78 bits per heavy atom. The Bertz CT molecular complexity index is 101. The van der Waals surface area contributed by atoms with Crippen LogP contribution in [0.25, 0.3) is 0 Å². The molecule has 0 aromatic heterocycles. The van der Waals surface area contributed by atoms with Gasteiger partial charge in [-0.2, -0.15) is 0 Å². The highest BCUT2D eigenvalue weighted by Gasteiger charge is 2.18. The zero-order valence-corrected chi connectivity index (χ0v) is 6.74. The molecule has 1 unspecified atom stereocenters. The minimum atomic E-state index is 0.450. The summed E-state index contributed by atoms with van der Waals surface area (Å²) in [6.45, 7) is 1.85. The van der Waals surface area contributed by atoms with Gasteiger partial charge in [-0.1, -0.05) is 25.0 Å². The van der Waals surface area contributed by atoms with E-state index in [1.807, 2.05) is 0 Å². The van der Waals surface area contributed by atoms with E-state index in [0.29, 0.717) is 6.04 Å². The molecule has 4 heteroatoms. The Morgan fingerprint density at radius 2 is 2.56 bits per heavy atom. The van der Waals surface area contributed by atoms with Crippen LogP contribution in [0.3, 0.4) is 0 Å². The number of nitrogens with zero attached hydrogens (tertiary/aromatic N) is 2. The van der Waals surface area contributed by atoms with E-state index < -0.39 is 0 Å². The van der Waals surface area contributed by atoms with Gasteiger partial charge in [-0.05, 0) is 6.42 Å². The van der Waals surface area contributed by atoms with E-state index in [-0.39, 0.29) is 0 Å². The van der Waals surface area contributed by atoms with E-state index in [4.69, 9.17) is 12.2 Å². The van der Waals surface area contributed by atoms with Crippen molar-refractivity contribution in [3.05, 3.63) is 0 Å². The van der Waals surface area contributed by atoms with E-state index in [9.17, 15) is 0 Å². The largest absolute Gasteiger partial charge is 0.311 e. The van der Waals surface area contributed by atoms with Gasteiger partial charge in [-0.3, -0.25) is 0 Å². The Hall–Kier alpha value is 0.200. The highest BCUT2D eigenvalue weighted by molar-refractivity contribution is 7.83. The Morgan fingerprint density at radius 3 is 3.00 bits per heavy atom. The van der Waals surface area contributed by atoms with Crippen LogP contribution >= 0.6 is 25.0 Å². The van der Waals surface area contributed by atoms with Gasteiger partial charge in [0.2, 0.25) is 0 Å². The van der Waals surface area contributed by atoms with Gasteiger partial charge in [0.25, 0.3) is 0 Å². The summed E-state index contributed by atoms with van der Waals surface area (Å²) in [4.78, 5) is 0. The number of hydrogen-bond acceptors (Lipinski definition) is 2. The lowest BCUT2D eigenvalue weighted by atomic mass is 10.3. The molecular formula is C5H9N2S2. The van der Waals surface area contributed by atoms with Crippen LogP contribution in [-0.2, 0) is 0 Å². The zero-order valence-electron chi connectivity index (χ0n) is 5.03. The van der Waals surface area contributed by atoms with Crippen molar-refractivity contribution in [2.24, 2.45) is 0 Å². The lowest BCUT2D eigenvalue weighted by Crippen LogP contribution is -2.26. The predicted octanol–water partition coefficient (Wildman–Crippen LogP) is 0.467. The van der Waals surface area contributed by atoms with Gasteiger partial charge in [0.05, 0.1) is 11.5 Å². The van der Waals surface area contributed by atoms with Gasteiger partial charge >= 0.3 is 0 Å². The highest BCUT2D eigenvalue weighted by Crippen LogP contribution is 2.08. The van der Waals surface area contributed by atoms with Crippen molar-refractivity contribution in [1.29, 1.82) is 0 Å². The molecule has 9 heavy (non-hydrogen) atoms. The van der Waals surface area contributed by atoms with Gasteiger partial charge in [0.15, 0.2) is 0 Å². The summed E-state index contributed by atoms with van der Waals surface area (Å²) in [6, 6.07) is 0.450. The second-order valence-electron chi connectivity index (χ2n) is 2.06. The van der Waals surface area contributed by atoms with Gasteiger partial charge in [-0.25, -0.2) is 5.32 Å². The monoisotopic (exact) mass is 161 g/mol. The fraction of sp³-hybridized carbons (Fsp3) is 0.800. The standard InChI is InChI=1S/C5H9N2S2/c8-4-7(9)5-1-2-6-3-5/h4-5,9H,1-3H2. The molecule has 1 fully saturated rings. The smallest absolute Gasteiger partial charge is 0.0741 e. The second-order valence-corrected chi connectivity index (χ2v) is 2.73. The molecule has 1 heterocycles. The molecule has 0 saturated carbocycles. The molecule has 0 bridgehead atoms. The van der Waals surface area contributed by atoms with E-state index in [1.54, 1.807) is 9.80 Å². The number of thiol groups is 1. The molecule has 1 aliphatic heterocycles. The second kappa shape index (κ2) is 3.39. The first-order valence-electron chi connectivity index (χ1n) is 2.90. The summed E-state index contributed by atoms with van der Waals surface area (Å²) in [6.07, 6.45) is 1.09. The average Bonchev–Trinajstić information content (AvgIpc) is 2.37. The number of rotatable bonds is 2. The molecular weight excluding hydrogens is 152 g/mol. The minimum Gasteiger partial charge on any atom is -0.311 e. The molecule has 2 nitrogen and oxygen atoms in total. The third kappa shape index (κ3) is 1.81. The summed E-state index contributed by atoms with van der Waals surface area (Å²) in [7, 11) is 0. The van der Waals surface area contributed by atoms with Crippen LogP contribution in [0.15, 0.2) is 0 Å². The summed E-state index contributed by atoms with van der Waals surface area (Å²) < 4.78 is 1.76. The van der Waals surface area contributed by atoms with Crippen LogP contribution in [0, 0.1) is 0 Å². The zero-order chi connectivity index (χ0) is 6.69. The van der Waals surface area contributed by atoms with E-state index in [0.717, 1.165) is 19.5 Å². The van der Waals surface area contributed by atoms with Gasteiger partial charge < -0.3 is 4.31 Å². The van der Waals surface area contributed by atoms with E-state index >= 15 is 0 Å². The Kier molecular flexibility index (Phi) is 2.75. The molecule has 0 spiro atoms. The van der Waals surface area contributed by atoms with Gasteiger partial charge in [0, 0.05) is 13.1 Å². The van der Waals surface area contributed by atoms with E-state index in [1.165, 1.54) is 0 Å². The molecule has 1 radical (unpaired) electrons. The first-order valence-corrected chi connectivity index (χ1v) is 3.77. The van der Waals surface area contributed by atoms with Crippen molar-refractivity contribution < 1.29 is 0 Å². The van der Waals surface area contributed by atoms with Crippen molar-refractivity contribution in [2.75, 3.05) is 13.1 Å². The van der Waals surface area contributed by atoms with Crippen LogP contribution in [0.2, 0.25) is 0 Å². The molecule has 51 valence electrons. The van der Waals surface area contributed by atoms with Crippen LogP contribution in [0.4, 0.5) is 0 Å². The third-order valence-corrected chi connectivity index (χ3v) is 2.27. The summed E-state index contributed by atoms with van der Waals surface area (Å²) in [5, 5.41) is 4.18. The maximum absolute atomic E-state index is 4.69. The molecule has 1 rings (SSSR count). The SMILES string of the molecule is S=CN(S)C1CC[N]C1. The normalized spacial score (nSPS) is 26.1. The summed E-state index contributed by atoms with van der Waals surface area (Å²) >= 11 is 8.83. The van der Waals surface area contributed by atoms with Crippen molar-refractivity contribution in [1.82, 2.24) is 9.62 Å². The van der Waals surface area contributed by atoms with Crippen LogP contribution in [0.5, 0.6) is 0 Å². The van der Waals surface area contributed by atoms with E-state index in [2.05, 4.69) is 18.1 Å². The Balaban J connectivity index is 2.32.